The standard InChI is InChI=1S/C32H38N8O5/c1-19(2)13-27-31(43)34-17-23-18-40(39-38-23)11-12-45-24-8-6-7-21(14-24)30(42)37-28(32(44)35-20(3)29(41)36-27)15-22-16-33-26-10-5-4-9-25(22)26/h4-10,14,16,18-20,27-28,33H,11-13,15,17H2,1-3H3,(H,34,43)(H,35,44)(H,36,41)(H,37,42)/t20-,27-,28-/m1/s1. The van der Waals surface area contributed by atoms with Gasteiger partial charge >= 0.3 is 0 Å². The maximum absolute atomic E-state index is 13.7. The van der Waals surface area contributed by atoms with E-state index in [1.54, 1.807) is 41.3 Å². The molecule has 0 unspecified atom stereocenters. The van der Waals surface area contributed by atoms with Crippen molar-refractivity contribution in [3.8, 4) is 5.75 Å². The fourth-order valence-electron chi connectivity index (χ4n) is 5.16. The predicted octanol–water partition coefficient (Wildman–Crippen LogP) is 1.84. The zero-order chi connectivity index (χ0) is 31.9. The molecule has 0 spiro atoms. The fraction of sp³-hybridized carbons (Fsp3) is 0.375. The number of ether oxygens (including phenoxy) is 1. The van der Waals surface area contributed by atoms with Crippen molar-refractivity contribution in [1.29, 1.82) is 0 Å². The molecule has 0 aliphatic carbocycles. The van der Waals surface area contributed by atoms with E-state index in [4.69, 9.17) is 4.74 Å². The molecule has 5 N–H and O–H groups in total. The normalized spacial score (nSPS) is 20.4. The number of hydrogen-bond acceptors (Lipinski definition) is 7. The van der Waals surface area contributed by atoms with E-state index in [0.29, 0.717) is 30.0 Å². The first-order chi connectivity index (χ1) is 21.7. The summed E-state index contributed by atoms with van der Waals surface area (Å²) in [6.07, 6.45) is 4.07. The number of carbonyl (C=O) groups excluding carboxylic acids is 4. The van der Waals surface area contributed by atoms with Gasteiger partial charge in [-0.1, -0.05) is 43.3 Å². The number of rotatable bonds is 4. The molecule has 5 rings (SSSR count). The molecule has 0 saturated carbocycles. The zero-order valence-electron chi connectivity index (χ0n) is 25.5. The van der Waals surface area contributed by atoms with Gasteiger partial charge in [-0.15, -0.1) is 5.10 Å². The lowest BCUT2D eigenvalue weighted by molar-refractivity contribution is -0.132. The van der Waals surface area contributed by atoms with Crippen molar-refractivity contribution in [3.63, 3.8) is 0 Å². The third-order valence-electron chi connectivity index (χ3n) is 7.53. The number of benzene rings is 2. The van der Waals surface area contributed by atoms with Crippen molar-refractivity contribution in [1.82, 2.24) is 41.2 Å². The molecule has 2 aromatic heterocycles. The van der Waals surface area contributed by atoms with Crippen molar-refractivity contribution in [2.45, 2.75) is 64.8 Å². The van der Waals surface area contributed by atoms with Crippen molar-refractivity contribution < 1.29 is 23.9 Å². The summed E-state index contributed by atoms with van der Waals surface area (Å²) in [4.78, 5) is 56.7. The van der Waals surface area contributed by atoms with E-state index in [2.05, 4.69) is 36.6 Å². The molecule has 0 radical (unpaired) electrons. The van der Waals surface area contributed by atoms with Crippen LogP contribution in [-0.4, -0.2) is 68.3 Å². The Morgan fingerprint density at radius 3 is 2.60 bits per heavy atom. The van der Waals surface area contributed by atoms with Crippen LogP contribution in [0.5, 0.6) is 5.75 Å². The van der Waals surface area contributed by atoms with Gasteiger partial charge in [0.25, 0.3) is 5.91 Å². The minimum Gasteiger partial charge on any atom is -0.492 e. The van der Waals surface area contributed by atoms with E-state index in [9.17, 15) is 19.2 Å². The molecule has 4 amide bonds. The van der Waals surface area contributed by atoms with Gasteiger partial charge in [-0.05, 0) is 49.1 Å². The van der Waals surface area contributed by atoms with Gasteiger partial charge in [-0.25, -0.2) is 4.68 Å². The average Bonchev–Trinajstić information content (AvgIpc) is 3.65. The van der Waals surface area contributed by atoms with Crippen LogP contribution in [0, 0.1) is 5.92 Å². The molecule has 45 heavy (non-hydrogen) atoms. The van der Waals surface area contributed by atoms with Gasteiger partial charge in [0.15, 0.2) is 0 Å². The summed E-state index contributed by atoms with van der Waals surface area (Å²) in [7, 11) is 0. The summed E-state index contributed by atoms with van der Waals surface area (Å²) in [6.45, 7) is 6.20. The third kappa shape index (κ3) is 8.05. The highest BCUT2D eigenvalue weighted by Gasteiger charge is 2.29. The molecule has 3 atom stereocenters. The fourth-order valence-corrected chi connectivity index (χ4v) is 5.16. The first kappa shape index (κ1) is 31.2. The van der Waals surface area contributed by atoms with Gasteiger partial charge < -0.3 is 31.0 Å². The summed E-state index contributed by atoms with van der Waals surface area (Å²) >= 11 is 0. The Balaban J connectivity index is 1.42. The minimum absolute atomic E-state index is 0.106. The summed E-state index contributed by atoms with van der Waals surface area (Å²) in [6, 6.07) is 11.5. The van der Waals surface area contributed by atoms with Crippen LogP contribution in [0.1, 0.15) is 48.8 Å². The number of hydrogen-bond donors (Lipinski definition) is 5. The molecule has 1 aliphatic heterocycles. The molecule has 4 bridgehead atoms. The number of carbonyl (C=O) groups is 4. The molecule has 4 aromatic rings. The summed E-state index contributed by atoms with van der Waals surface area (Å²) in [5.74, 6) is -1.33. The smallest absolute Gasteiger partial charge is 0.252 e. The van der Waals surface area contributed by atoms with Crippen LogP contribution in [0.15, 0.2) is 60.9 Å². The van der Waals surface area contributed by atoms with Crippen LogP contribution >= 0.6 is 0 Å². The zero-order valence-corrected chi connectivity index (χ0v) is 25.5. The summed E-state index contributed by atoms with van der Waals surface area (Å²) in [5, 5.41) is 20.3. The number of amides is 4. The van der Waals surface area contributed by atoms with E-state index < -0.39 is 35.8 Å². The molecule has 1 aliphatic rings. The Morgan fingerprint density at radius 2 is 1.78 bits per heavy atom. The van der Waals surface area contributed by atoms with Crippen LogP contribution in [-0.2, 0) is 33.9 Å². The van der Waals surface area contributed by atoms with Crippen molar-refractivity contribution in [2.24, 2.45) is 5.92 Å². The Kier molecular flexibility index (Phi) is 9.76. The lowest BCUT2D eigenvalue weighted by Crippen LogP contribution is -2.56. The SMILES string of the molecule is CC(C)C[C@H]1NC(=O)[C@@H](C)NC(=O)[C@@H](Cc2c[nH]c3ccccc23)NC(=O)c2cccc(c2)OCCn2cc(nn2)CNC1=O. The highest BCUT2D eigenvalue weighted by molar-refractivity contribution is 5.99. The largest absolute Gasteiger partial charge is 0.492 e. The van der Waals surface area contributed by atoms with Gasteiger partial charge in [0.1, 0.15) is 36.2 Å². The third-order valence-corrected chi connectivity index (χ3v) is 7.53. The van der Waals surface area contributed by atoms with Crippen LogP contribution in [0.25, 0.3) is 10.9 Å². The Labute approximate surface area is 260 Å². The first-order valence-corrected chi connectivity index (χ1v) is 15.0. The van der Waals surface area contributed by atoms with Crippen LogP contribution in [0.4, 0.5) is 0 Å². The van der Waals surface area contributed by atoms with Gasteiger partial charge in [0.05, 0.1) is 19.3 Å². The first-order valence-electron chi connectivity index (χ1n) is 15.0. The quantitative estimate of drug-likeness (QED) is 0.233. The number of nitrogens with zero attached hydrogens (tertiary/aromatic N) is 3. The second kappa shape index (κ2) is 14.1. The molecule has 3 heterocycles. The van der Waals surface area contributed by atoms with Gasteiger partial charge in [0, 0.05) is 29.1 Å². The number of para-hydroxylation sites is 1. The number of fused-ring (bicyclic) bond motifs is 5. The van der Waals surface area contributed by atoms with E-state index in [1.165, 1.54) is 6.92 Å². The maximum atomic E-state index is 13.7. The van der Waals surface area contributed by atoms with E-state index in [1.807, 2.05) is 38.1 Å². The molecular formula is C32H38N8O5. The molecule has 13 nitrogen and oxygen atoms in total. The number of nitrogens with one attached hydrogen (secondary N) is 5. The molecule has 13 heteroatoms. The highest BCUT2D eigenvalue weighted by atomic mass is 16.5. The predicted molar refractivity (Wildman–Crippen MR) is 166 cm³/mol. The molecular weight excluding hydrogens is 576 g/mol. The topological polar surface area (TPSA) is 172 Å². The number of aromatic nitrogens is 4. The van der Waals surface area contributed by atoms with Crippen LogP contribution in [0.2, 0.25) is 0 Å². The van der Waals surface area contributed by atoms with Crippen LogP contribution in [0.3, 0.4) is 0 Å². The lowest BCUT2D eigenvalue weighted by Gasteiger charge is -2.24. The van der Waals surface area contributed by atoms with Crippen LogP contribution < -0.4 is 26.0 Å². The second-order valence-electron chi connectivity index (χ2n) is 11.6. The minimum atomic E-state index is -1.01. The highest BCUT2D eigenvalue weighted by Crippen LogP contribution is 2.20. The van der Waals surface area contributed by atoms with Crippen molar-refractivity contribution in [3.05, 3.63) is 77.7 Å². The van der Waals surface area contributed by atoms with Crippen molar-refractivity contribution in [2.75, 3.05) is 6.61 Å². The maximum Gasteiger partial charge on any atom is 0.252 e. The van der Waals surface area contributed by atoms with Crippen molar-refractivity contribution >= 4 is 34.5 Å². The van der Waals surface area contributed by atoms with Gasteiger partial charge in [0.2, 0.25) is 17.7 Å². The number of H-pyrrole nitrogens is 1. The average molecular weight is 615 g/mol. The van der Waals surface area contributed by atoms with Gasteiger partial charge in [-0.2, -0.15) is 0 Å². The van der Waals surface area contributed by atoms with E-state index in [0.717, 1.165) is 16.5 Å². The lowest BCUT2D eigenvalue weighted by atomic mass is 10.0. The molecule has 0 saturated heterocycles. The number of aromatic amines is 1. The Bertz CT molecular complexity index is 1680. The van der Waals surface area contributed by atoms with E-state index >= 15 is 0 Å². The summed E-state index contributed by atoms with van der Waals surface area (Å²) in [5.41, 5.74) is 2.58. The van der Waals surface area contributed by atoms with Gasteiger partial charge in [-0.3, -0.25) is 19.2 Å². The Morgan fingerprint density at radius 1 is 0.956 bits per heavy atom. The monoisotopic (exact) mass is 614 g/mol. The molecule has 0 fully saturated rings. The second-order valence-corrected chi connectivity index (χ2v) is 11.6. The molecule has 236 valence electrons. The van der Waals surface area contributed by atoms with E-state index in [-0.39, 0.29) is 31.4 Å². The molecule has 2 aromatic carbocycles. The summed E-state index contributed by atoms with van der Waals surface area (Å²) < 4.78 is 7.47. The Hall–Kier alpha value is -5.20.